The second-order valence-electron chi connectivity index (χ2n) is 11.7. The minimum absolute atomic E-state index is 1.23. The van der Waals surface area contributed by atoms with Crippen molar-refractivity contribution in [3.05, 3.63) is 170 Å². The Kier molecular flexibility index (Phi) is 5.61. The molecule has 0 heterocycles. The van der Waals surface area contributed by atoms with Gasteiger partial charge in [-0.2, -0.15) is 0 Å². The summed E-state index contributed by atoms with van der Waals surface area (Å²) in [4.78, 5) is 0. The third-order valence-corrected chi connectivity index (χ3v) is 9.24. The summed E-state index contributed by atoms with van der Waals surface area (Å²) >= 11 is 0. The standard InChI is InChI=1S/C44H28/c1-2-10-29(11-3-1)32-22-24-35-34(26-32)28-43(40-16-8-4-12-36(35)40)31-20-18-30(19-21-31)33-23-25-42-39-15-6-5-13-37(39)38-14-7-9-17-41(38)44(42)27-33/h1-28H. The van der Waals surface area contributed by atoms with E-state index in [2.05, 4.69) is 170 Å². The Hall–Kier alpha value is -5.72. The van der Waals surface area contributed by atoms with Gasteiger partial charge in [-0.3, -0.25) is 0 Å². The Labute approximate surface area is 256 Å². The molecule has 0 unspecified atom stereocenters. The van der Waals surface area contributed by atoms with Gasteiger partial charge in [0.05, 0.1) is 0 Å². The molecule has 0 amide bonds. The first-order chi connectivity index (χ1) is 21.8. The van der Waals surface area contributed by atoms with Crippen LogP contribution in [0.1, 0.15) is 0 Å². The fraction of sp³-hybridized carbons (Fsp3) is 0. The summed E-state index contributed by atoms with van der Waals surface area (Å²) < 4.78 is 0. The molecule has 0 aromatic heterocycles. The summed E-state index contributed by atoms with van der Waals surface area (Å²) in [7, 11) is 0. The molecule has 9 aromatic rings. The smallest absolute Gasteiger partial charge is 0.00928 e. The molecule has 0 bridgehead atoms. The van der Waals surface area contributed by atoms with E-state index in [1.54, 1.807) is 0 Å². The van der Waals surface area contributed by atoms with E-state index in [1.165, 1.54) is 87.2 Å². The first kappa shape index (κ1) is 24.8. The van der Waals surface area contributed by atoms with E-state index in [-0.39, 0.29) is 0 Å². The third kappa shape index (κ3) is 3.92. The molecule has 0 fully saturated rings. The molecule has 0 saturated heterocycles. The van der Waals surface area contributed by atoms with E-state index in [0.717, 1.165) is 0 Å². The molecule has 0 atom stereocenters. The van der Waals surface area contributed by atoms with Crippen molar-refractivity contribution in [3.8, 4) is 33.4 Å². The van der Waals surface area contributed by atoms with Crippen LogP contribution in [0.3, 0.4) is 0 Å². The highest BCUT2D eigenvalue weighted by atomic mass is 14.2. The molecule has 0 N–H and O–H groups in total. The monoisotopic (exact) mass is 556 g/mol. The van der Waals surface area contributed by atoms with Gasteiger partial charge in [0.15, 0.2) is 0 Å². The maximum atomic E-state index is 2.37. The highest BCUT2D eigenvalue weighted by Crippen LogP contribution is 2.39. The van der Waals surface area contributed by atoms with Crippen molar-refractivity contribution in [1.29, 1.82) is 0 Å². The Morgan fingerprint density at radius 1 is 0.205 bits per heavy atom. The lowest BCUT2D eigenvalue weighted by Gasteiger charge is -2.14. The Balaban J connectivity index is 1.18. The van der Waals surface area contributed by atoms with Crippen LogP contribution >= 0.6 is 0 Å². The third-order valence-electron chi connectivity index (χ3n) is 9.24. The second-order valence-corrected chi connectivity index (χ2v) is 11.7. The van der Waals surface area contributed by atoms with Crippen LogP contribution in [0.25, 0.3) is 87.2 Å². The van der Waals surface area contributed by atoms with E-state index in [4.69, 9.17) is 0 Å². The summed E-state index contributed by atoms with van der Waals surface area (Å²) in [5.41, 5.74) is 7.44. The van der Waals surface area contributed by atoms with Crippen molar-refractivity contribution >= 4 is 53.9 Å². The molecule has 9 rings (SSSR count). The minimum atomic E-state index is 1.23. The van der Waals surface area contributed by atoms with Gasteiger partial charge in [-0.1, -0.05) is 152 Å². The van der Waals surface area contributed by atoms with Crippen LogP contribution in [-0.4, -0.2) is 0 Å². The van der Waals surface area contributed by atoms with Gasteiger partial charge in [0.2, 0.25) is 0 Å². The number of rotatable bonds is 3. The summed E-state index contributed by atoms with van der Waals surface area (Å²) in [6.07, 6.45) is 0. The normalized spacial score (nSPS) is 11.6. The van der Waals surface area contributed by atoms with Crippen LogP contribution in [0.2, 0.25) is 0 Å². The van der Waals surface area contributed by atoms with E-state index in [1.807, 2.05) is 0 Å². The highest BCUT2D eigenvalue weighted by Gasteiger charge is 2.12. The van der Waals surface area contributed by atoms with Crippen LogP contribution in [0.4, 0.5) is 0 Å². The predicted octanol–water partition coefficient (Wildman–Crippen LogP) is 12.5. The van der Waals surface area contributed by atoms with Crippen LogP contribution in [0, 0.1) is 0 Å². The molecule has 204 valence electrons. The van der Waals surface area contributed by atoms with Gasteiger partial charge < -0.3 is 0 Å². The maximum absolute atomic E-state index is 2.37. The predicted molar refractivity (Wildman–Crippen MR) is 190 cm³/mol. The topological polar surface area (TPSA) is 0 Å². The zero-order valence-corrected chi connectivity index (χ0v) is 24.2. The van der Waals surface area contributed by atoms with E-state index in [9.17, 15) is 0 Å². The number of hydrogen-bond acceptors (Lipinski definition) is 0. The van der Waals surface area contributed by atoms with E-state index < -0.39 is 0 Å². The van der Waals surface area contributed by atoms with Crippen LogP contribution in [0.5, 0.6) is 0 Å². The quantitative estimate of drug-likeness (QED) is 0.190. The van der Waals surface area contributed by atoms with Gasteiger partial charge in [0, 0.05) is 0 Å². The summed E-state index contributed by atoms with van der Waals surface area (Å²) in [5, 5.41) is 13.0. The highest BCUT2D eigenvalue weighted by molar-refractivity contribution is 6.25. The molecule has 9 aromatic carbocycles. The lowest BCUT2D eigenvalue weighted by atomic mass is 9.90. The zero-order valence-electron chi connectivity index (χ0n) is 24.2. The van der Waals surface area contributed by atoms with Crippen molar-refractivity contribution < 1.29 is 0 Å². The molecule has 0 radical (unpaired) electrons. The van der Waals surface area contributed by atoms with Crippen molar-refractivity contribution in [2.24, 2.45) is 0 Å². The Morgan fingerprint density at radius 2 is 0.614 bits per heavy atom. The number of fused-ring (bicyclic) bond motifs is 9. The fourth-order valence-corrected chi connectivity index (χ4v) is 7.09. The molecule has 0 saturated carbocycles. The lowest BCUT2D eigenvalue weighted by Crippen LogP contribution is -1.87. The first-order valence-corrected chi connectivity index (χ1v) is 15.3. The summed E-state index contributed by atoms with van der Waals surface area (Å²) in [5.74, 6) is 0. The van der Waals surface area contributed by atoms with E-state index in [0.29, 0.717) is 0 Å². The molecule has 0 aliphatic rings. The molecular formula is C44H28. The van der Waals surface area contributed by atoms with Crippen molar-refractivity contribution in [2.45, 2.75) is 0 Å². The van der Waals surface area contributed by atoms with Crippen molar-refractivity contribution in [3.63, 3.8) is 0 Å². The van der Waals surface area contributed by atoms with Gasteiger partial charge in [0.25, 0.3) is 0 Å². The van der Waals surface area contributed by atoms with Crippen LogP contribution < -0.4 is 0 Å². The number of benzene rings is 9. The molecular weight excluding hydrogens is 528 g/mol. The van der Waals surface area contributed by atoms with Crippen molar-refractivity contribution in [1.82, 2.24) is 0 Å². The summed E-state index contributed by atoms with van der Waals surface area (Å²) in [6.45, 7) is 0. The maximum Gasteiger partial charge on any atom is -0.00928 e. The molecule has 0 spiro atoms. The average Bonchev–Trinajstić information content (AvgIpc) is 3.11. The zero-order chi connectivity index (χ0) is 29.0. The summed E-state index contributed by atoms with van der Waals surface area (Å²) in [6, 6.07) is 62.3. The number of hydrogen-bond donors (Lipinski definition) is 0. The van der Waals surface area contributed by atoms with E-state index >= 15 is 0 Å². The molecule has 0 heteroatoms. The van der Waals surface area contributed by atoms with Gasteiger partial charge in [-0.05, 0) is 105 Å². The largest absolute Gasteiger partial charge is 0.0622 e. The first-order valence-electron chi connectivity index (χ1n) is 15.3. The molecule has 0 nitrogen and oxygen atoms in total. The lowest BCUT2D eigenvalue weighted by molar-refractivity contribution is 1.62. The minimum Gasteiger partial charge on any atom is -0.0622 e. The molecule has 0 aliphatic carbocycles. The van der Waals surface area contributed by atoms with Gasteiger partial charge in [0.1, 0.15) is 0 Å². The SMILES string of the molecule is c1ccc(-c2ccc3c(c2)cc(-c2ccc(-c4ccc5c6ccccc6c6ccccc6c5c4)cc2)c2ccccc23)cc1. The van der Waals surface area contributed by atoms with Gasteiger partial charge >= 0.3 is 0 Å². The van der Waals surface area contributed by atoms with Crippen LogP contribution in [0.15, 0.2) is 170 Å². The molecule has 44 heavy (non-hydrogen) atoms. The van der Waals surface area contributed by atoms with Gasteiger partial charge in [-0.25, -0.2) is 0 Å². The average molecular weight is 557 g/mol. The fourth-order valence-electron chi connectivity index (χ4n) is 7.09. The Bertz CT molecular complexity index is 2480. The van der Waals surface area contributed by atoms with Crippen LogP contribution in [-0.2, 0) is 0 Å². The van der Waals surface area contributed by atoms with Gasteiger partial charge in [-0.15, -0.1) is 0 Å². The second kappa shape index (κ2) is 9.93. The molecule has 0 aliphatic heterocycles. The Morgan fingerprint density at radius 3 is 1.25 bits per heavy atom. The van der Waals surface area contributed by atoms with Crippen molar-refractivity contribution in [2.75, 3.05) is 0 Å².